The van der Waals surface area contributed by atoms with Gasteiger partial charge in [-0.2, -0.15) is 0 Å². The number of nitrogens with zero attached hydrogens (tertiary/aromatic N) is 2. The van der Waals surface area contributed by atoms with E-state index in [1.807, 2.05) is 36.4 Å². The quantitative estimate of drug-likeness (QED) is 0.742. The molecule has 4 heteroatoms. The molecule has 4 rings (SSSR count). The number of Topliss-reactive ketones (excluding diaryl/α,β-unsaturated/α-hetero) is 1. The molecule has 4 nitrogen and oxygen atoms in total. The highest BCUT2D eigenvalue weighted by molar-refractivity contribution is 6.03. The number of rotatable bonds is 4. The summed E-state index contributed by atoms with van der Waals surface area (Å²) < 4.78 is 0. The highest BCUT2D eigenvalue weighted by Crippen LogP contribution is 2.30. The third-order valence-corrected chi connectivity index (χ3v) is 6.44. The molecule has 2 fully saturated rings. The second-order valence-electron chi connectivity index (χ2n) is 8.61. The minimum absolute atomic E-state index is 0.00346. The molecule has 1 aliphatic heterocycles. The molecule has 2 aromatic carbocycles. The molecular weight excluding hydrogens is 348 g/mol. The Labute approximate surface area is 167 Å². The number of ketones is 1. The fourth-order valence-corrected chi connectivity index (χ4v) is 4.85. The van der Waals surface area contributed by atoms with E-state index in [9.17, 15) is 9.59 Å². The number of likely N-dealkylation sites (tertiary alicyclic amines) is 1. The Bertz CT molecular complexity index is 883. The van der Waals surface area contributed by atoms with Crippen LogP contribution in [0.3, 0.4) is 0 Å². The molecule has 2 aliphatic rings. The van der Waals surface area contributed by atoms with E-state index in [1.54, 1.807) is 19.0 Å². The Morgan fingerprint density at radius 3 is 2.21 bits per heavy atom. The number of benzene rings is 2. The van der Waals surface area contributed by atoms with Crippen LogP contribution < -0.4 is 0 Å². The molecule has 1 saturated heterocycles. The Morgan fingerprint density at radius 2 is 1.54 bits per heavy atom. The highest BCUT2D eigenvalue weighted by atomic mass is 16.2. The van der Waals surface area contributed by atoms with Crippen molar-refractivity contribution in [2.75, 3.05) is 27.2 Å². The van der Waals surface area contributed by atoms with Crippen molar-refractivity contribution < 1.29 is 9.59 Å². The molecule has 0 bridgehead atoms. The maximum Gasteiger partial charge on any atom is 0.253 e. The van der Waals surface area contributed by atoms with Gasteiger partial charge in [-0.1, -0.05) is 31.0 Å². The van der Waals surface area contributed by atoms with Crippen molar-refractivity contribution in [3.05, 3.63) is 47.5 Å². The van der Waals surface area contributed by atoms with E-state index in [-0.39, 0.29) is 17.6 Å². The molecule has 148 valence electrons. The zero-order valence-electron chi connectivity index (χ0n) is 17.0. The lowest BCUT2D eigenvalue weighted by molar-refractivity contribution is 0.0757. The topological polar surface area (TPSA) is 40.6 Å². The monoisotopic (exact) mass is 378 g/mol. The summed E-state index contributed by atoms with van der Waals surface area (Å²) in [5.41, 5.74) is 1.48. The zero-order valence-corrected chi connectivity index (χ0v) is 17.0. The van der Waals surface area contributed by atoms with Crippen LogP contribution in [0.15, 0.2) is 36.4 Å². The van der Waals surface area contributed by atoms with E-state index >= 15 is 0 Å². The Hall–Kier alpha value is -2.20. The van der Waals surface area contributed by atoms with E-state index in [4.69, 9.17) is 0 Å². The van der Waals surface area contributed by atoms with E-state index in [0.29, 0.717) is 11.6 Å². The average Bonchev–Trinajstić information content (AvgIpc) is 3.27. The van der Waals surface area contributed by atoms with E-state index in [1.165, 1.54) is 25.7 Å². The fourth-order valence-electron chi connectivity index (χ4n) is 4.85. The normalized spacial score (nSPS) is 21.1. The number of carbonyl (C=O) groups is 2. The summed E-state index contributed by atoms with van der Waals surface area (Å²) in [7, 11) is 3.51. The number of carbonyl (C=O) groups excluding carboxylic acids is 2. The van der Waals surface area contributed by atoms with Gasteiger partial charge in [0.2, 0.25) is 0 Å². The van der Waals surface area contributed by atoms with Crippen LogP contribution >= 0.6 is 0 Å². The summed E-state index contributed by atoms with van der Waals surface area (Å²) in [4.78, 5) is 29.5. The first-order chi connectivity index (χ1) is 13.5. The average molecular weight is 379 g/mol. The Kier molecular flexibility index (Phi) is 5.49. The zero-order chi connectivity index (χ0) is 19.7. The second-order valence-corrected chi connectivity index (χ2v) is 8.61. The maximum absolute atomic E-state index is 13.2. The number of hydrogen-bond acceptors (Lipinski definition) is 3. The van der Waals surface area contributed by atoms with Crippen LogP contribution in [0.2, 0.25) is 0 Å². The van der Waals surface area contributed by atoms with Crippen LogP contribution in [0, 0.1) is 5.92 Å². The van der Waals surface area contributed by atoms with E-state index in [2.05, 4.69) is 4.90 Å². The largest absolute Gasteiger partial charge is 0.345 e. The standard InChI is InChI=1S/C24H30N2O2/c1-25(2)24(28)20-12-10-17-14-19(11-9-18(17)15-20)23(27)21-6-5-13-26(16-21)22-7-3-4-8-22/h9-12,14-15,21-22H,3-8,13,16H2,1-2H3. The summed E-state index contributed by atoms with van der Waals surface area (Å²) in [5.74, 6) is 0.385. The van der Waals surface area contributed by atoms with Gasteiger partial charge in [-0.05, 0) is 61.2 Å². The molecule has 1 aliphatic carbocycles. The van der Waals surface area contributed by atoms with Crippen molar-refractivity contribution in [2.24, 2.45) is 5.92 Å². The Balaban J connectivity index is 1.52. The number of fused-ring (bicyclic) bond motifs is 1. The molecule has 1 atom stereocenters. The van der Waals surface area contributed by atoms with Gasteiger partial charge in [0.05, 0.1) is 0 Å². The van der Waals surface area contributed by atoms with Crippen LogP contribution in [-0.2, 0) is 0 Å². The van der Waals surface area contributed by atoms with Crippen LogP contribution in [0.1, 0.15) is 59.2 Å². The second kappa shape index (κ2) is 8.04. The van der Waals surface area contributed by atoms with Crippen molar-refractivity contribution in [1.82, 2.24) is 9.80 Å². The first-order valence-electron chi connectivity index (χ1n) is 10.6. The van der Waals surface area contributed by atoms with Gasteiger partial charge in [0.15, 0.2) is 5.78 Å². The number of hydrogen-bond donors (Lipinski definition) is 0. The first kappa shape index (κ1) is 19.1. The maximum atomic E-state index is 13.2. The van der Waals surface area contributed by atoms with Gasteiger partial charge in [0.25, 0.3) is 5.91 Å². The fraction of sp³-hybridized carbons (Fsp3) is 0.500. The van der Waals surface area contributed by atoms with Gasteiger partial charge < -0.3 is 4.90 Å². The predicted octanol–water partition coefficient (Wildman–Crippen LogP) is 4.38. The number of amides is 1. The minimum Gasteiger partial charge on any atom is -0.345 e. The van der Waals surface area contributed by atoms with Crippen molar-refractivity contribution in [1.29, 1.82) is 0 Å². The predicted molar refractivity (Wildman–Crippen MR) is 113 cm³/mol. The van der Waals surface area contributed by atoms with E-state index in [0.717, 1.165) is 42.3 Å². The van der Waals surface area contributed by atoms with Gasteiger partial charge in [0, 0.05) is 43.7 Å². The molecule has 2 aromatic rings. The smallest absolute Gasteiger partial charge is 0.253 e. The summed E-state index contributed by atoms with van der Waals surface area (Å²) in [5, 5.41) is 2.02. The van der Waals surface area contributed by atoms with Gasteiger partial charge >= 0.3 is 0 Å². The van der Waals surface area contributed by atoms with Crippen molar-refractivity contribution in [2.45, 2.75) is 44.6 Å². The van der Waals surface area contributed by atoms with Crippen LogP contribution in [0.5, 0.6) is 0 Å². The Morgan fingerprint density at radius 1 is 0.893 bits per heavy atom. The molecule has 1 heterocycles. The summed E-state index contributed by atoms with van der Waals surface area (Å²) >= 11 is 0. The molecule has 0 aromatic heterocycles. The molecule has 0 radical (unpaired) electrons. The SMILES string of the molecule is CN(C)C(=O)c1ccc2cc(C(=O)C3CCCN(C4CCCC4)C3)ccc2c1. The minimum atomic E-state index is -0.00346. The van der Waals surface area contributed by atoms with Crippen molar-refractivity contribution in [3.63, 3.8) is 0 Å². The highest BCUT2D eigenvalue weighted by Gasteiger charge is 2.31. The molecule has 1 saturated carbocycles. The lowest BCUT2D eigenvalue weighted by atomic mass is 9.88. The molecule has 0 spiro atoms. The van der Waals surface area contributed by atoms with Gasteiger partial charge in [-0.3, -0.25) is 14.5 Å². The van der Waals surface area contributed by atoms with Gasteiger partial charge in [0.1, 0.15) is 0 Å². The third kappa shape index (κ3) is 3.83. The number of piperidine rings is 1. The summed E-state index contributed by atoms with van der Waals surface area (Å²) in [6.45, 7) is 2.06. The van der Waals surface area contributed by atoms with Crippen molar-refractivity contribution >= 4 is 22.5 Å². The lowest BCUT2D eigenvalue weighted by Crippen LogP contribution is -2.43. The summed E-state index contributed by atoms with van der Waals surface area (Å²) in [6.07, 6.45) is 7.38. The molecule has 1 amide bonds. The van der Waals surface area contributed by atoms with Gasteiger partial charge in [-0.15, -0.1) is 0 Å². The van der Waals surface area contributed by atoms with Gasteiger partial charge in [-0.25, -0.2) is 0 Å². The molecule has 0 N–H and O–H groups in total. The van der Waals surface area contributed by atoms with Crippen LogP contribution in [-0.4, -0.2) is 54.7 Å². The molecule has 1 unspecified atom stereocenters. The summed E-state index contributed by atoms with van der Waals surface area (Å²) in [6, 6.07) is 12.3. The van der Waals surface area contributed by atoms with Crippen LogP contribution in [0.25, 0.3) is 10.8 Å². The third-order valence-electron chi connectivity index (χ3n) is 6.44. The molecular formula is C24H30N2O2. The molecule has 28 heavy (non-hydrogen) atoms. The van der Waals surface area contributed by atoms with Crippen molar-refractivity contribution in [3.8, 4) is 0 Å². The van der Waals surface area contributed by atoms with E-state index < -0.39 is 0 Å². The van der Waals surface area contributed by atoms with Crippen LogP contribution in [0.4, 0.5) is 0 Å². The lowest BCUT2D eigenvalue weighted by Gasteiger charge is -2.36. The first-order valence-corrected chi connectivity index (χ1v) is 10.6.